The van der Waals surface area contributed by atoms with Crippen LogP contribution in [0.25, 0.3) is 0 Å². The fourth-order valence-corrected chi connectivity index (χ4v) is 3.52. The van der Waals surface area contributed by atoms with Crippen LogP contribution < -0.4 is 10.6 Å². The fraction of sp³-hybridized carbons (Fsp3) is 0.524. The predicted octanol–water partition coefficient (Wildman–Crippen LogP) is 4.25. The quantitative estimate of drug-likeness (QED) is 0.369. The molecule has 27 heavy (non-hydrogen) atoms. The molecule has 2 aromatic rings. The SMILES string of the molecule is CCNC(=NCc1cccc(Cn2ccnc2C)c1)NC1CCCCC1.I. The van der Waals surface area contributed by atoms with Crippen LogP contribution >= 0.6 is 24.0 Å². The lowest BCUT2D eigenvalue weighted by molar-refractivity contribution is 0.410. The Bertz CT molecular complexity index is 719. The zero-order chi connectivity index (χ0) is 18.2. The largest absolute Gasteiger partial charge is 0.357 e. The van der Waals surface area contributed by atoms with Crippen molar-refractivity contribution < 1.29 is 0 Å². The number of aliphatic imine (C=N–C) groups is 1. The van der Waals surface area contributed by atoms with Gasteiger partial charge in [0.25, 0.3) is 0 Å². The van der Waals surface area contributed by atoms with Gasteiger partial charge in [0.05, 0.1) is 6.54 Å². The normalized spacial score (nSPS) is 15.3. The number of nitrogens with one attached hydrogen (secondary N) is 2. The van der Waals surface area contributed by atoms with Gasteiger partial charge in [-0.15, -0.1) is 24.0 Å². The molecule has 1 fully saturated rings. The summed E-state index contributed by atoms with van der Waals surface area (Å²) in [5.74, 6) is 1.98. The second kappa shape index (κ2) is 11.3. The Balaban J connectivity index is 0.00000261. The van der Waals surface area contributed by atoms with E-state index in [2.05, 4.69) is 51.4 Å². The van der Waals surface area contributed by atoms with Gasteiger partial charge in [0.1, 0.15) is 5.82 Å². The molecule has 1 heterocycles. The third-order valence-corrected chi connectivity index (χ3v) is 4.98. The molecule has 0 atom stereocenters. The molecule has 0 amide bonds. The molecule has 148 valence electrons. The number of imidazole rings is 1. The molecule has 0 saturated heterocycles. The smallest absolute Gasteiger partial charge is 0.191 e. The Kier molecular flexibility index (Phi) is 9.10. The van der Waals surface area contributed by atoms with Gasteiger partial charge in [-0.05, 0) is 37.8 Å². The summed E-state index contributed by atoms with van der Waals surface area (Å²) in [5, 5.41) is 7.00. The molecule has 5 nitrogen and oxygen atoms in total. The molecule has 1 aromatic heterocycles. The molecule has 6 heteroatoms. The van der Waals surface area contributed by atoms with Crippen LogP contribution in [0.3, 0.4) is 0 Å². The van der Waals surface area contributed by atoms with E-state index in [0.717, 1.165) is 24.9 Å². The average molecular weight is 481 g/mol. The van der Waals surface area contributed by atoms with Crippen molar-refractivity contribution in [3.8, 4) is 0 Å². The summed E-state index contributed by atoms with van der Waals surface area (Å²) in [6.07, 6.45) is 10.4. The predicted molar refractivity (Wildman–Crippen MR) is 123 cm³/mol. The Morgan fingerprint density at radius 1 is 1.22 bits per heavy atom. The second-order valence-corrected chi connectivity index (χ2v) is 7.10. The molecule has 1 aliphatic carbocycles. The summed E-state index contributed by atoms with van der Waals surface area (Å²) in [6.45, 7) is 6.58. The van der Waals surface area contributed by atoms with Crippen LogP contribution in [0.2, 0.25) is 0 Å². The van der Waals surface area contributed by atoms with Crippen LogP contribution in [0, 0.1) is 6.92 Å². The zero-order valence-corrected chi connectivity index (χ0v) is 18.8. The lowest BCUT2D eigenvalue weighted by Crippen LogP contribution is -2.44. The Morgan fingerprint density at radius 3 is 2.70 bits per heavy atom. The Labute approximate surface area is 180 Å². The van der Waals surface area contributed by atoms with Gasteiger partial charge in [0.2, 0.25) is 0 Å². The van der Waals surface area contributed by atoms with Gasteiger partial charge in [-0.3, -0.25) is 0 Å². The van der Waals surface area contributed by atoms with E-state index in [0.29, 0.717) is 12.6 Å². The minimum absolute atomic E-state index is 0. The summed E-state index contributed by atoms with van der Waals surface area (Å²) in [5.41, 5.74) is 2.52. The molecule has 0 aliphatic heterocycles. The first-order valence-electron chi connectivity index (χ1n) is 9.85. The van der Waals surface area contributed by atoms with Crippen molar-refractivity contribution in [2.24, 2.45) is 4.99 Å². The van der Waals surface area contributed by atoms with Crippen molar-refractivity contribution in [3.05, 3.63) is 53.6 Å². The Hall–Kier alpha value is -1.57. The molecule has 2 N–H and O–H groups in total. The van der Waals surface area contributed by atoms with Crippen LogP contribution in [0.1, 0.15) is 56.0 Å². The summed E-state index contributed by atoms with van der Waals surface area (Å²) in [4.78, 5) is 9.10. The molecule has 1 aromatic carbocycles. The van der Waals surface area contributed by atoms with E-state index in [1.54, 1.807) is 0 Å². The van der Waals surface area contributed by atoms with Gasteiger partial charge >= 0.3 is 0 Å². The van der Waals surface area contributed by atoms with Gasteiger partial charge in [0.15, 0.2) is 5.96 Å². The van der Waals surface area contributed by atoms with Crippen molar-refractivity contribution in [3.63, 3.8) is 0 Å². The highest BCUT2D eigenvalue weighted by atomic mass is 127. The number of aryl methyl sites for hydroxylation is 1. The molecule has 3 rings (SSSR count). The molecular formula is C21H32IN5. The molecule has 1 aliphatic rings. The summed E-state index contributed by atoms with van der Waals surface area (Å²) < 4.78 is 2.16. The van der Waals surface area contributed by atoms with E-state index in [-0.39, 0.29) is 24.0 Å². The van der Waals surface area contributed by atoms with Crippen molar-refractivity contribution >= 4 is 29.9 Å². The second-order valence-electron chi connectivity index (χ2n) is 7.10. The molecular weight excluding hydrogens is 449 g/mol. The van der Waals surface area contributed by atoms with Crippen LogP contribution in [0.5, 0.6) is 0 Å². The lowest BCUT2D eigenvalue weighted by atomic mass is 9.96. The van der Waals surface area contributed by atoms with Gasteiger partial charge in [0, 0.05) is 31.5 Å². The third kappa shape index (κ3) is 6.83. The Morgan fingerprint density at radius 2 is 2.00 bits per heavy atom. The number of halogens is 1. The first-order chi connectivity index (χ1) is 12.7. The van der Waals surface area contributed by atoms with Crippen LogP contribution in [-0.2, 0) is 13.1 Å². The topological polar surface area (TPSA) is 54.2 Å². The fourth-order valence-electron chi connectivity index (χ4n) is 3.52. The number of rotatable bonds is 6. The maximum Gasteiger partial charge on any atom is 0.191 e. The molecule has 0 spiro atoms. The minimum atomic E-state index is 0. The maximum absolute atomic E-state index is 4.81. The summed E-state index contributed by atoms with van der Waals surface area (Å²) in [6, 6.07) is 9.24. The monoisotopic (exact) mass is 481 g/mol. The van der Waals surface area contributed by atoms with Crippen molar-refractivity contribution in [2.75, 3.05) is 6.54 Å². The van der Waals surface area contributed by atoms with Crippen molar-refractivity contribution in [1.82, 2.24) is 20.2 Å². The van der Waals surface area contributed by atoms with E-state index in [1.165, 1.54) is 43.2 Å². The maximum atomic E-state index is 4.81. The first-order valence-corrected chi connectivity index (χ1v) is 9.85. The highest BCUT2D eigenvalue weighted by molar-refractivity contribution is 14.0. The van der Waals surface area contributed by atoms with E-state index in [4.69, 9.17) is 4.99 Å². The molecule has 0 radical (unpaired) electrons. The summed E-state index contributed by atoms with van der Waals surface area (Å²) in [7, 11) is 0. The van der Waals surface area contributed by atoms with E-state index >= 15 is 0 Å². The van der Waals surface area contributed by atoms with Crippen molar-refractivity contribution in [1.29, 1.82) is 0 Å². The number of nitrogens with zero attached hydrogens (tertiary/aromatic N) is 3. The molecule has 1 saturated carbocycles. The molecule has 0 bridgehead atoms. The number of hydrogen-bond acceptors (Lipinski definition) is 2. The third-order valence-electron chi connectivity index (χ3n) is 4.98. The number of benzene rings is 1. The molecule has 0 unspecified atom stereocenters. The van der Waals surface area contributed by atoms with E-state index < -0.39 is 0 Å². The highest BCUT2D eigenvalue weighted by Crippen LogP contribution is 2.17. The van der Waals surface area contributed by atoms with E-state index in [9.17, 15) is 0 Å². The van der Waals surface area contributed by atoms with Crippen LogP contribution in [0.15, 0.2) is 41.7 Å². The van der Waals surface area contributed by atoms with Gasteiger partial charge < -0.3 is 15.2 Å². The first kappa shape index (κ1) is 21.7. The number of hydrogen-bond donors (Lipinski definition) is 2. The summed E-state index contributed by atoms with van der Waals surface area (Å²) >= 11 is 0. The standard InChI is InChI=1S/C21H31N5.HI/c1-3-22-21(25-20-10-5-4-6-11-20)24-15-18-8-7-9-19(14-18)16-26-13-12-23-17(26)2;/h7-9,12-14,20H,3-6,10-11,15-16H2,1-2H3,(H2,22,24,25);1H. The average Bonchev–Trinajstić information content (AvgIpc) is 3.06. The number of guanidine groups is 1. The minimum Gasteiger partial charge on any atom is -0.357 e. The van der Waals surface area contributed by atoms with Crippen LogP contribution in [-0.4, -0.2) is 28.1 Å². The zero-order valence-electron chi connectivity index (χ0n) is 16.4. The number of aromatic nitrogens is 2. The lowest BCUT2D eigenvalue weighted by Gasteiger charge is -2.24. The highest BCUT2D eigenvalue weighted by Gasteiger charge is 2.14. The van der Waals surface area contributed by atoms with E-state index in [1.807, 2.05) is 19.3 Å². The van der Waals surface area contributed by atoms with Gasteiger partial charge in [-0.2, -0.15) is 0 Å². The van der Waals surface area contributed by atoms with Crippen LogP contribution in [0.4, 0.5) is 0 Å². The van der Waals surface area contributed by atoms with Gasteiger partial charge in [-0.25, -0.2) is 9.98 Å². The van der Waals surface area contributed by atoms with Gasteiger partial charge in [-0.1, -0.05) is 43.5 Å². The van der Waals surface area contributed by atoms with Crippen molar-refractivity contribution in [2.45, 2.75) is 65.1 Å².